The Morgan fingerprint density at radius 2 is 2.42 bits per heavy atom. The zero-order chi connectivity index (χ0) is 13.9. The van der Waals surface area contributed by atoms with Crippen molar-refractivity contribution in [3.8, 4) is 5.75 Å². The summed E-state index contributed by atoms with van der Waals surface area (Å²) in [6.45, 7) is 1.45. The number of carbonyl (C=O) groups excluding carboxylic acids is 1. The van der Waals surface area contributed by atoms with Gasteiger partial charge in [-0.05, 0) is 31.2 Å². The highest BCUT2D eigenvalue weighted by molar-refractivity contribution is 6.31. The van der Waals surface area contributed by atoms with Gasteiger partial charge in [0.1, 0.15) is 5.75 Å². The second-order valence-electron chi connectivity index (χ2n) is 4.68. The maximum atomic E-state index is 12.1. The van der Waals surface area contributed by atoms with Gasteiger partial charge in [0.05, 0.1) is 18.3 Å². The van der Waals surface area contributed by atoms with Crippen LogP contribution in [-0.4, -0.2) is 43.4 Å². The Labute approximate surface area is 116 Å². The van der Waals surface area contributed by atoms with Gasteiger partial charge in [0.15, 0.2) is 0 Å². The van der Waals surface area contributed by atoms with E-state index in [0.29, 0.717) is 29.3 Å². The third kappa shape index (κ3) is 3.37. The van der Waals surface area contributed by atoms with Crippen molar-refractivity contribution in [2.24, 2.45) is 0 Å². The Balaban J connectivity index is 2.05. The van der Waals surface area contributed by atoms with E-state index in [1.807, 2.05) is 0 Å². The Morgan fingerprint density at radius 1 is 1.63 bits per heavy atom. The minimum absolute atomic E-state index is 0.203. The number of β-amino-alcohol motifs (C(OH)–C–C–N with tert-alkyl or cyclic N) is 1. The average molecular weight is 285 g/mol. The molecule has 19 heavy (non-hydrogen) atoms. The van der Waals surface area contributed by atoms with Crippen molar-refractivity contribution in [2.75, 3.05) is 26.7 Å². The number of aliphatic hydroxyl groups is 1. The number of hydrogen-bond donors (Lipinski definition) is 3. The molecule has 0 saturated carbocycles. The molecule has 104 valence electrons. The molecular formula is C13H17ClN2O3. The molecule has 1 unspecified atom stereocenters. The quantitative estimate of drug-likeness (QED) is 0.765. The molecule has 1 aliphatic rings. The number of ether oxygens (including phenoxy) is 1. The Hall–Kier alpha value is -1.30. The van der Waals surface area contributed by atoms with Crippen LogP contribution in [0.25, 0.3) is 0 Å². The molecule has 1 saturated heterocycles. The molecule has 5 nitrogen and oxygen atoms in total. The Kier molecular flexibility index (Phi) is 4.29. The first kappa shape index (κ1) is 14.1. The van der Waals surface area contributed by atoms with Gasteiger partial charge in [-0.3, -0.25) is 4.79 Å². The lowest BCUT2D eigenvalue weighted by Crippen LogP contribution is -2.44. The topological polar surface area (TPSA) is 70.6 Å². The Morgan fingerprint density at radius 3 is 3.05 bits per heavy atom. The number of methoxy groups -OCH3 is 1. The molecule has 1 aromatic rings. The van der Waals surface area contributed by atoms with Gasteiger partial charge in [-0.25, -0.2) is 0 Å². The summed E-state index contributed by atoms with van der Waals surface area (Å²) in [4.78, 5) is 12.1. The van der Waals surface area contributed by atoms with Crippen molar-refractivity contribution in [3.05, 3.63) is 28.8 Å². The predicted octanol–water partition coefficient (Wildman–Crippen LogP) is 0.803. The normalized spacial score (nSPS) is 22.3. The molecule has 1 heterocycles. The van der Waals surface area contributed by atoms with Gasteiger partial charge in [0.2, 0.25) is 0 Å². The van der Waals surface area contributed by atoms with E-state index in [2.05, 4.69) is 10.6 Å². The number of benzene rings is 1. The van der Waals surface area contributed by atoms with Gasteiger partial charge in [-0.2, -0.15) is 0 Å². The van der Waals surface area contributed by atoms with Crippen LogP contribution < -0.4 is 15.4 Å². The van der Waals surface area contributed by atoms with Crippen LogP contribution >= 0.6 is 11.6 Å². The maximum absolute atomic E-state index is 12.1. The summed E-state index contributed by atoms with van der Waals surface area (Å²) in [6.07, 6.45) is 0.625. The minimum atomic E-state index is -0.874. The van der Waals surface area contributed by atoms with Crippen molar-refractivity contribution >= 4 is 17.5 Å². The fourth-order valence-electron chi connectivity index (χ4n) is 2.08. The zero-order valence-corrected chi connectivity index (χ0v) is 11.5. The van der Waals surface area contributed by atoms with E-state index in [4.69, 9.17) is 16.3 Å². The molecule has 2 rings (SSSR count). The number of amides is 1. The largest absolute Gasteiger partial charge is 0.496 e. The van der Waals surface area contributed by atoms with E-state index in [-0.39, 0.29) is 12.5 Å². The first-order chi connectivity index (χ1) is 9.04. The SMILES string of the molecule is COc1ccc(Cl)cc1C(=O)NCC1(O)CCNC1. The molecule has 0 aromatic heterocycles. The molecule has 1 fully saturated rings. The van der Waals surface area contributed by atoms with E-state index in [1.165, 1.54) is 7.11 Å². The number of halogens is 1. The monoisotopic (exact) mass is 284 g/mol. The molecule has 1 aliphatic heterocycles. The van der Waals surface area contributed by atoms with Crippen molar-refractivity contribution in [1.29, 1.82) is 0 Å². The van der Waals surface area contributed by atoms with E-state index >= 15 is 0 Å². The summed E-state index contributed by atoms with van der Waals surface area (Å²) < 4.78 is 5.12. The zero-order valence-electron chi connectivity index (χ0n) is 10.7. The van der Waals surface area contributed by atoms with Crippen molar-refractivity contribution < 1.29 is 14.6 Å². The molecule has 0 aliphatic carbocycles. The average Bonchev–Trinajstić information content (AvgIpc) is 2.83. The minimum Gasteiger partial charge on any atom is -0.496 e. The summed E-state index contributed by atoms with van der Waals surface area (Å²) in [5, 5.41) is 16.4. The lowest BCUT2D eigenvalue weighted by Gasteiger charge is -2.21. The summed E-state index contributed by atoms with van der Waals surface area (Å²) in [5.41, 5.74) is -0.508. The molecule has 1 amide bonds. The van der Waals surface area contributed by atoms with Crippen LogP contribution in [0.1, 0.15) is 16.8 Å². The molecule has 1 aromatic carbocycles. The first-order valence-corrected chi connectivity index (χ1v) is 6.47. The van der Waals surface area contributed by atoms with Crippen LogP contribution in [0.2, 0.25) is 5.02 Å². The van der Waals surface area contributed by atoms with Crippen LogP contribution in [0.4, 0.5) is 0 Å². The van der Waals surface area contributed by atoms with Crippen LogP contribution in [0.5, 0.6) is 5.75 Å². The highest BCUT2D eigenvalue weighted by Gasteiger charge is 2.31. The molecular weight excluding hydrogens is 268 g/mol. The molecule has 0 radical (unpaired) electrons. The van der Waals surface area contributed by atoms with Gasteiger partial charge in [-0.15, -0.1) is 0 Å². The van der Waals surface area contributed by atoms with Gasteiger partial charge in [0, 0.05) is 18.1 Å². The summed E-state index contributed by atoms with van der Waals surface area (Å²) >= 11 is 5.88. The lowest BCUT2D eigenvalue weighted by atomic mass is 10.0. The highest BCUT2D eigenvalue weighted by Crippen LogP contribution is 2.22. The standard InChI is InChI=1S/C13H17ClN2O3/c1-19-11-3-2-9(14)6-10(11)12(17)16-8-13(18)4-5-15-7-13/h2-3,6,15,18H,4-5,7-8H2,1H3,(H,16,17). The van der Waals surface area contributed by atoms with E-state index in [9.17, 15) is 9.90 Å². The van der Waals surface area contributed by atoms with Crippen LogP contribution in [-0.2, 0) is 0 Å². The fourth-order valence-corrected chi connectivity index (χ4v) is 2.25. The smallest absolute Gasteiger partial charge is 0.255 e. The van der Waals surface area contributed by atoms with Crippen molar-refractivity contribution in [3.63, 3.8) is 0 Å². The van der Waals surface area contributed by atoms with Gasteiger partial charge in [-0.1, -0.05) is 11.6 Å². The molecule has 0 bridgehead atoms. The molecule has 3 N–H and O–H groups in total. The van der Waals surface area contributed by atoms with Gasteiger partial charge in [0.25, 0.3) is 5.91 Å². The molecule has 0 spiro atoms. The third-order valence-corrected chi connectivity index (χ3v) is 3.44. The van der Waals surface area contributed by atoms with Crippen molar-refractivity contribution in [2.45, 2.75) is 12.0 Å². The van der Waals surface area contributed by atoms with Crippen molar-refractivity contribution in [1.82, 2.24) is 10.6 Å². The fraction of sp³-hybridized carbons (Fsp3) is 0.462. The number of rotatable bonds is 4. The molecule has 6 heteroatoms. The third-order valence-electron chi connectivity index (χ3n) is 3.21. The summed E-state index contributed by atoms with van der Waals surface area (Å²) in [6, 6.07) is 4.85. The van der Waals surface area contributed by atoms with E-state index < -0.39 is 5.60 Å². The Bertz CT molecular complexity index is 473. The van der Waals surface area contributed by atoms with Crippen LogP contribution in [0.15, 0.2) is 18.2 Å². The maximum Gasteiger partial charge on any atom is 0.255 e. The highest BCUT2D eigenvalue weighted by atomic mass is 35.5. The lowest BCUT2D eigenvalue weighted by molar-refractivity contribution is 0.0561. The predicted molar refractivity (Wildman–Crippen MR) is 72.8 cm³/mol. The summed E-state index contributed by atoms with van der Waals surface area (Å²) in [5.74, 6) is 0.151. The summed E-state index contributed by atoms with van der Waals surface area (Å²) in [7, 11) is 1.49. The molecule has 1 atom stereocenters. The number of hydrogen-bond acceptors (Lipinski definition) is 4. The van der Waals surface area contributed by atoms with Gasteiger partial charge >= 0.3 is 0 Å². The second kappa shape index (κ2) is 5.77. The number of carbonyl (C=O) groups is 1. The van der Waals surface area contributed by atoms with E-state index in [0.717, 1.165) is 6.54 Å². The second-order valence-corrected chi connectivity index (χ2v) is 5.11. The number of nitrogens with one attached hydrogen (secondary N) is 2. The first-order valence-electron chi connectivity index (χ1n) is 6.09. The van der Waals surface area contributed by atoms with Crippen LogP contribution in [0, 0.1) is 0 Å². The van der Waals surface area contributed by atoms with Crippen LogP contribution in [0.3, 0.4) is 0 Å². The van der Waals surface area contributed by atoms with E-state index in [1.54, 1.807) is 18.2 Å². The van der Waals surface area contributed by atoms with Gasteiger partial charge < -0.3 is 20.5 Å².